The van der Waals surface area contributed by atoms with E-state index >= 15 is 0 Å². The number of carbonyl (C=O) groups is 2. The molecule has 0 bridgehead atoms. The highest BCUT2D eigenvalue weighted by Gasteiger charge is 2.34. The van der Waals surface area contributed by atoms with E-state index in [4.69, 9.17) is 9.47 Å². The van der Waals surface area contributed by atoms with Gasteiger partial charge in [-0.05, 0) is 41.6 Å². The monoisotopic (exact) mass is 356 g/mol. The Bertz CT molecular complexity index is 808. The van der Waals surface area contributed by atoms with Crippen molar-refractivity contribution in [2.75, 3.05) is 20.3 Å². The van der Waals surface area contributed by atoms with Crippen molar-refractivity contribution in [2.45, 2.75) is 0 Å². The second-order valence-corrected chi connectivity index (χ2v) is 6.11. The summed E-state index contributed by atoms with van der Waals surface area (Å²) in [6.07, 6.45) is 4.95. The number of nitrogens with zero attached hydrogens (tertiary/aromatic N) is 2. The number of aromatic nitrogens is 1. The van der Waals surface area contributed by atoms with Gasteiger partial charge in [0.15, 0.2) is 11.5 Å². The molecule has 1 fully saturated rings. The molecule has 0 radical (unpaired) electrons. The molecule has 3 rings (SSSR count). The smallest absolute Gasteiger partial charge is 0.293 e. The zero-order valence-corrected chi connectivity index (χ0v) is 14.4. The molecule has 2 amide bonds. The van der Waals surface area contributed by atoms with E-state index in [1.165, 1.54) is 4.90 Å². The van der Waals surface area contributed by atoms with Crippen LogP contribution in [0.1, 0.15) is 5.56 Å². The van der Waals surface area contributed by atoms with Gasteiger partial charge in [-0.15, -0.1) is 0 Å². The van der Waals surface area contributed by atoms with Crippen molar-refractivity contribution in [1.29, 1.82) is 0 Å². The summed E-state index contributed by atoms with van der Waals surface area (Å²) < 4.78 is 10.8. The molecule has 0 spiro atoms. The number of methoxy groups -OCH3 is 1. The van der Waals surface area contributed by atoms with E-state index in [9.17, 15) is 9.59 Å². The van der Waals surface area contributed by atoms with Crippen LogP contribution in [-0.4, -0.2) is 41.3 Å². The Balaban J connectivity index is 1.62. The number of hydrogen-bond donors (Lipinski definition) is 0. The van der Waals surface area contributed by atoms with Gasteiger partial charge in [-0.2, -0.15) is 0 Å². The van der Waals surface area contributed by atoms with Crippen LogP contribution in [0.15, 0.2) is 53.7 Å². The largest absolute Gasteiger partial charge is 0.493 e. The fourth-order valence-electron chi connectivity index (χ4n) is 2.29. The Morgan fingerprint density at radius 3 is 2.68 bits per heavy atom. The summed E-state index contributed by atoms with van der Waals surface area (Å²) in [5.74, 6) is 0.860. The molecular weight excluding hydrogens is 340 g/mol. The van der Waals surface area contributed by atoms with Crippen LogP contribution in [0.3, 0.4) is 0 Å². The molecule has 1 aliphatic rings. The van der Waals surface area contributed by atoms with Gasteiger partial charge >= 0.3 is 0 Å². The zero-order chi connectivity index (χ0) is 17.6. The number of carbonyl (C=O) groups excluding carboxylic acids is 2. The fourth-order valence-corrected chi connectivity index (χ4v) is 3.16. The standard InChI is InChI=1S/C18H16N2O4S/c1-23-14-6-2-3-7-15(14)24-10-9-20-17(21)16(25-18(20)22)11-13-5-4-8-19-12-13/h2-8,11-12H,9-10H2,1H3/b16-11-. The average molecular weight is 356 g/mol. The van der Waals surface area contributed by atoms with Crippen molar-refractivity contribution in [3.63, 3.8) is 0 Å². The number of imide groups is 1. The van der Waals surface area contributed by atoms with Crippen LogP contribution >= 0.6 is 11.8 Å². The number of amides is 2. The molecule has 2 heterocycles. The predicted octanol–water partition coefficient (Wildman–Crippen LogP) is 3.21. The predicted molar refractivity (Wildman–Crippen MR) is 95.4 cm³/mol. The Kier molecular flexibility index (Phi) is 5.35. The van der Waals surface area contributed by atoms with Gasteiger partial charge in [0.1, 0.15) is 6.61 Å². The highest BCUT2D eigenvalue weighted by atomic mass is 32.2. The molecule has 128 valence electrons. The minimum absolute atomic E-state index is 0.174. The number of pyridine rings is 1. The van der Waals surface area contributed by atoms with E-state index in [0.717, 1.165) is 17.3 Å². The first-order valence-corrected chi connectivity index (χ1v) is 8.42. The van der Waals surface area contributed by atoms with Gasteiger partial charge in [0.25, 0.3) is 11.1 Å². The van der Waals surface area contributed by atoms with Gasteiger partial charge in [0, 0.05) is 12.4 Å². The second kappa shape index (κ2) is 7.85. The summed E-state index contributed by atoms with van der Waals surface area (Å²) in [5.41, 5.74) is 0.776. The quantitative estimate of drug-likeness (QED) is 0.741. The van der Waals surface area contributed by atoms with Gasteiger partial charge < -0.3 is 9.47 Å². The van der Waals surface area contributed by atoms with Gasteiger partial charge in [-0.3, -0.25) is 19.5 Å². The van der Waals surface area contributed by atoms with Crippen molar-refractivity contribution < 1.29 is 19.1 Å². The molecule has 6 nitrogen and oxygen atoms in total. The SMILES string of the molecule is COc1ccccc1OCCN1C(=O)S/C(=C\c2cccnc2)C1=O. The normalized spacial score (nSPS) is 15.7. The molecule has 1 saturated heterocycles. The first-order chi connectivity index (χ1) is 12.2. The second-order valence-electron chi connectivity index (χ2n) is 5.12. The Hall–Kier alpha value is -2.80. The number of thioether (sulfide) groups is 1. The van der Waals surface area contributed by atoms with E-state index < -0.39 is 0 Å². The van der Waals surface area contributed by atoms with Gasteiger partial charge in [0.05, 0.1) is 18.6 Å². The molecule has 25 heavy (non-hydrogen) atoms. The summed E-state index contributed by atoms with van der Waals surface area (Å²) in [4.78, 5) is 30.0. The molecule has 0 atom stereocenters. The lowest BCUT2D eigenvalue weighted by molar-refractivity contribution is -0.123. The van der Waals surface area contributed by atoms with Crippen LogP contribution < -0.4 is 9.47 Å². The van der Waals surface area contributed by atoms with E-state index in [0.29, 0.717) is 16.4 Å². The molecule has 7 heteroatoms. The van der Waals surface area contributed by atoms with E-state index in [1.807, 2.05) is 18.2 Å². The summed E-state index contributed by atoms with van der Waals surface area (Å²) in [6, 6.07) is 10.8. The highest BCUT2D eigenvalue weighted by Crippen LogP contribution is 2.32. The topological polar surface area (TPSA) is 68.7 Å². The highest BCUT2D eigenvalue weighted by molar-refractivity contribution is 8.18. The van der Waals surface area contributed by atoms with Crippen molar-refractivity contribution in [2.24, 2.45) is 0 Å². The molecule has 1 aromatic heterocycles. The molecular formula is C18H16N2O4S. The van der Waals surface area contributed by atoms with E-state index in [-0.39, 0.29) is 24.3 Å². The van der Waals surface area contributed by atoms with Crippen LogP contribution in [0.4, 0.5) is 4.79 Å². The van der Waals surface area contributed by atoms with E-state index in [2.05, 4.69) is 4.98 Å². The molecule has 0 unspecified atom stereocenters. The molecule has 0 saturated carbocycles. The molecule has 2 aromatic rings. The average Bonchev–Trinajstić information content (AvgIpc) is 2.90. The van der Waals surface area contributed by atoms with Crippen molar-refractivity contribution in [3.05, 3.63) is 59.3 Å². The minimum atomic E-state index is -0.317. The Morgan fingerprint density at radius 1 is 1.16 bits per heavy atom. The lowest BCUT2D eigenvalue weighted by atomic mass is 10.2. The third kappa shape index (κ3) is 4.00. The number of rotatable bonds is 6. The number of ether oxygens (including phenoxy) is 2. The summed E-state index contributed by atoms with van der Waals surface area (Å²) in [5, 5.41) is -0.302. The van der Waals surface area contributed by atoms with Gasteiger partial charge in [-0.1, -0.05) is 18.2 Å². The van der Waals surface area contributed by atoms with Crippen LogP contribution in [-0.2, 0) is 4.79 Å². The third-order valence-corrected chi connectivity index (χ3v) is 4.40. The van der Waals surface area contributed by atoms with Crippen LogP contribution in [0, 0.1) is 0 Å². The van der Waals surface area contributed by atoms with Crippen molar-refractivity contribution >= 4 is 29.0 Å². The first-order valence-electron chi connectivity index (χ1n) is 7.60. The van der Waals surface area contributed by atoms with Crippen LogP contribution in [0.2, 0.25) is 0 Å². The van der Waals surface area contributed by atoms with Crippen LogP contribution in [0.5, 0.6) is 11.5 Å². The van der Waals surface area contributed by atoms with Crippen molar-refractivity contribution in [3.8, 4) is 11.5 Å². The summed E-state index contributed by atoms with van der Waals surface area (Å²) >= 11 is 0.921. The molecule has 0 aliphatic carbocycles. The fraction of sp³-hybridized carbons (Fsp3) is 0.167. The number of para-hydroxylation sites is 2. The Labute approximate surface area is 149 Å². The van der Waals surface area contributed by atoms with Crippen LogP contribution in [0.25, 0.3) is 6.08 Å². The van der Waals surface area contributed by atoms with E-state index in [1.54, 1.807) is 43.8 Å². The van der Waals surface area contributed by atoms with Gasteiger partial charge in [-0.25, -0.2) is 0 Å². The zero-order valence-electron chi connectivity index (χ0n) is 13.5. The summed E-state index contributed by atoms with van der Waals surface area (Å²) in [6.45, 7) is 0.367. The van der Waals surface area contributed by atoms with Crippen molar-refractivity contribution in [1.82, 2.24) is 9.88 Å². The summed E-state index contributed by atoms with van der Waals surface area (Å²) in [7, 11) is 1.56. The lowest BCUT2D eigenvalue weighted by Gasteiger charge is -2.14. The molecule has 1 aliphatic heterocycles. The number of hydrogen-bond acceptors (Lipinski definition) is 6. The molecule has 1 aromatic carbocycles. The van der Waals surface area contributed by atoms with Gasteiger partial charge in [0.2, 0.25) is 0 Å². The first kappa shape index (κ1) is 17.0. The Morgan fingerprint density at radius 2 is 1.96 bits per heavy atom. The number of benzene rings is 1. The maximum Gasteiger partial charge on any atom is 0.293 e. The third-order valence-electron chi connectivity index (χ3n) is 3.50. The molecule has 0 N–H and O–H groups in total. The lowest BCUT2D eigenvalue weighted by Crippen LogP contribution is -2.32. The minimum Gasteiger partial charge on any atom is -0.493 e. The maximum atomic E-state index is 12.4. The maximum absolute atomic E-state index is 12.4.